The van der Waals surface area contributed by atoms with Crippen molar-refractivity contribution in [1.29, 1.82) is 0 Å². The Hall–Kier alpha value is -2.57. The molecular formula is C24H28ClN3O3. The minimum Gasteiger partial charge on any atom is -0.487 e. The van der Waals surface area contributed by atoms with E-state index in [1.54, 1.807) is 31.2 Å². The molecule has 2 atom stereocenters. The van der Waals surface area contributed by atoms with Gasteiger partial charge in [0.2, 0.25) is 5.91 Å². The summed E-state index contributed by atoms with van der Waals surface area (Å²) >= 11 is 5.88. The van der Waals surface area contributed by atoms with E-state index in [0.29, 0.717) is 10.6 Å². The van der Waals surface area contributed by atoms with Crippen LogP contribution < -0.4 is 15.4 Å². The van der Waals surface area contributed by atoms with Crippen LogP contribution in [-0.4, -0.2) is 48.5 Å². The van der Waals surface area contributed by atoms with Crippen LogP contribution in [0.4, 0.5) is 0 Å². The van der Waals surface area contributed by atoms with Crippen molar-refractivity contribution in [3.05, 3.63) is 64.7 Å². The van der Waals surface area contributed by atoms with Crippen molar-refractivity contribution in [3.63, 3.8) is 0 Å². The highest BCUT2D eigenvalue weighted by Gasteiger charge is 2.43. The molecule has 31 heavy (non-hydrogen) atoms. The zero-order valence-corrected chi connectivity index (χ0v) is 18.6. The van der Waals surface area contributed by atoms with Crippen LogP contribution in [0.3, 0.4) is 0 Å². The summed E-state index contributed by atoms with van der Waals surface area (Å²) in [5, 5.41) is 6.49. The van der Waals surface area contributed by atoms with Gasteiger partial charge in [-0.1, -0.05) is 29.8 Å². The van der Waals surface area contributed by atoms with Crippen molar-refractivity contribution in [2.75, 3.05) is 20.1 Å². The molecule has 0 bridgehead atoms. The lowest BCUT2D eigenvalue weighted by atomic mass is 9.80. The van der Waals surface area contributed by atoms with Gasteiger partial charge in [0.1, 0.15) is 17.4 Å². The topological polar surface area (TPSA) is 70.7 Å². The highest BCUT2D eigenvalue weighted by atomic mass is 35.5. The molecule has 2 unspecified atom stereocenters. The normalized spacial score (nSPS) is 20.9. The van der Waals surface area contributed by atoms with E-state index in [1.165, 1.54) is 0 Å². The number of carbonyl (C=O) groups excluding carboxylic acids is 2. The average molecular weight is 442 g/mol. The number of likely N-dealkylation sites (tertiary alicyclic amines) is 1. The Kier molecular flexibility index (Phi) is 6.21. The van der Waals surface area contributed by atoms with Crippen molar-refractivity contribution < 1.29 is 14.3 Å². The summed E-state index contributed by atoms with van der Waals surface area (Å²) in [7, 11) is 2.12. The monoisotopic (exact) mass is 441 g/mol. The van der Waals surface area contributed by atoms with Gasteiger partial charge in [-0.3, -0.25) is 9.59 Å². The fourth-order valence-corrected chi connectivity index (χ4v) is 4.45. The Bertz CT molecular complexity index is 955. The smallest absolute Gasteiger partial charge is 0.251 e. The van der Waals surface area contributed by atoms with Crippen LogP contribution in [0.15, 0.2) is 48.5 Å². The maximum absolute atomic E-state index is 13.0. The van der Waals surface area contributed by atoms with E-state index in [2.05, 4.69) is 22.6 Å². The van der Waals surface area contributed by atoms with Gasteiger partial charge in [0.25, 0.3) is 5.91 Å². The van der Waals surface area contributed by atoms with Gasteiger partial charge in [-0.2, -0.15) is 0 Å². The third kappa shape index (κ3) is 4.86. The second-order valence-electron chi connectivity index (χ2n) is 8.59. The number of rotatable bonds is 4. The molecule has 1 saturated heterocycles. The summed E-state index contributed by atoms with van der Waals surface area (Å²) in [4.78, 5) is 27.7. The largest absolute Gasteiger partial charge is 0.487 e. The van der Waals surface area contributed by atoms with E-state index >= 15 is 0 Å². The fraction of sp³-hybridized carbons (Fsp3) is 0.417. The van der Waals surface area contributed by atoms with E-state index in [1.807, 2.05) is 24.3 Å². The second-order valence-corrected chi connectivity index (χ2v) is 9.03. The Labute approximate surface area is 187 Å². The summed E-state index contributed by atoms with van der Waals surface area (Å²) in [5.41, 5.74) is 1.18. The first-order valence-electron chi connectivity index (χ1n) is 10.7. The van der Waals surface area contributed by atoms with Crippen molar-refractivity contribution in [2.45, 2.75) is 43.9 Å². The zero-order valence-electron chi connectivity index (χ0n) is 17.9. The number of halogens is 1. The van der Waals surface area contributed by atoms with E-state index in [0.717, 1.165) is 43.7 Å². The summed E-state index contributed by atoms with van der Waals surface area (Å²) in [6.07, 6.45) is 2.57. The average Bonchev–Trinajstić information content (AvgIpc) is 2.76. The van der Waals surface area contributed by atoms with Gasteiger partial charge in [-0.25, -0.2) is 0 Å². The molecule has 0 saturated carbocycles. The van der Waals surface area contributed by atoms with Crippen LogP contribution in [-0.2, 0) is 4.79 Å². The SMILES string of the molecule is CC(NC(=O)c1ccc(Cl)cc1)C(=O)NC1CC2(CCN(C)CC2)Oc2ccccc21. The number of piperidine rings is 1. The molecule has 4 rings (SSSR count). The number of hydrogen-bond donors (Lipinski definition) is 2. The second kappa shape index (κ2) is 8.89. The molecule has 2 N–H and O–H groups in total. The predicted octanol–water partition coefficient (Wildman–Crippen LogP) is 3.56. The van der Waals surface area contributed by atoms with E-state index < -0.39 is 6.04 Å². The van der Waals surface area contributed by atoms with Crippen molar-refractivity contribution in [1.82, 2.24) is 15.5 Å². The highest BCUT2D eigenvalue weighted by molar-refractivity contribution is 6.30. The molecule has 2 amide bonds. The Morgan fingerprint density at radius 1 is 1.13 bits per heavy atom. The molecule has 2 heterocycles. The molecule has 1 fully saturated rings. The fourth-order valence-electron chi connectivity index (χ4n) is 4.32. The summed E-state index contributed by atoms with van der Waals surface area (Å²) in [6, 6.07) is 13.6. The number of nitrogens with zero attached hydrogens (tertiary/aromatic N) is 1. The molecule has 6 nitrogen and oxygen atoms in total. The first-order chi connectivity index (χ1) is 14.8. The number of carbonyl (C=O) groups is 2. The number of benzene rings is 2. The van der Waals surface area contributed by atoms with E-state index in [4.69, 9.17) is 16.3 Å². The maximum atomic E-state index is 13.0. The van der Waals surface area contributed by atoms with Crippen molar-refractivity contribution >= 4 is 23.4 Å². The number of fused-ring (bicyclic) bond motifs is 1. The van der Waals surface area contributed by atoms with Gasteiger partial charge in [-0.15, -0.1) is 0 Å². The molecule has 7 heteroatoms. The molecule has 2 aromatic carbocycles. The number of para-hydroxylation sites is 1. The molecular weight excluding hydrogens is 414 g/mol. The van der Waals surface area contributed by atoms with Gasteiger partial charge < -0.3 is 20.3 Å². The minimum absolute atomic E-state index is 0.157. The van der Waals surface area contributed by atoms with Crippen molar-refractivity contribution in [2.24, 2.45) is 0 Å². The summed E-state index contributed by atoms with van der Waals surface area (Å²) in [6.45, 7) is 3.63. The lowest BCUT2D eigenvalue weighted by Gasteiger charge is -2.46. The maximum Gasteiger partial charge on any atom is 0.251 e. The molecule has 2 aliphatic rings. The van der Waals surface area contributed by atoms with Crippen molar-refractivity contribution in [3.8, 4) is 5.75 Å². The third-order valence-electron chi connectivity index (χ3n) is 6.26. The molecule has 0 aromatic heterocycles. The molecule has 164 valence electrons. The number of ether oxygens (including phenoxy) is 1. The predicted molar refractivity (Wildman–Crippen MR) is 120 cm³/mol. The van der Waals surface area contributed by atoms with Gasteiger partial charge in [0.05, 0.1) is 6.04 Å². The van der Waals surface area contributed by atoms with E-state index in [-0.39, 0.29) is 23.5 Å². The Morgan fingerprint density at radius 2 is 1.81 bits per heavy atom. The molecule has 1 spiro atoms. The van der Waals surface area contributed by atoms with Gasteiger partial charge in [0, 0.05) is 35.7 Å². The minimum atomic E-state index is -0.674. The summed E-state index contributed by atoms with van der Waals surface area (Å²) < 4.78 is 6.45. The van der Waals surface area contributed by atoms with Crippen LogP contribution in [0.25, 0.3) is 0 Å². The van der Waals surface area contributed by atoms with Gasteiger partial charge in [0.15, 0.2) is 0 Å². The first kappa shape index (κ1) is 21.7. The standard InChI is InChI=1S/C24H28ClN3O3/c1-16(26-23(30)17-7-9-18(25)10-8-17)22(29)27-20-15-24(11-13-28(2)14-12-24)31-21-6-4-3-5-19(20)21/h3-10,16,20H,11-15H2,1-2H3,(H,26,30)(H,27,29). The quantitative estimate of drug-likeness (QED) is 0.761. The van der Waals surface area contributed by atoms with Gasteiger partial charge >= 0.3 is 0 Å². The highest BCUT2D eigenvalue weighted by Crippen LogP contribution is 2.44. The van der Waals surface area contributed by atoms with Gasteiger partial charge in [-0.05, 0) is 57.1 Å². The molecule has 0 radical (unpaired) electrons. The van der Waals surface area contributed by atoms with Crippen LogP contribution in [0.2, 0.25) is 5.02 Å². The van der Waals surface area contributed by atoms with Crippen LogP contribution in [0, 0.1) is 0 Å². The lowest BCUT2D eigenvalue weighted by molar-refractivity contribution is -0.124. The number of amides is 2. The first-order valence-corrected chi connectivity index (χ1v) is 11.1. The van der Waals surface area contributed by atoms with Crippen LogP contribution >= 0.6 is 11.6 Å². The molecule has 0 aliphatic carbocycles. The lowest BCUT2D eigenvalue weighted by Crippen LogP contribution is -2.53. The Balaban J connectivity index is 1.46. The number of nitrogens with one attached hydrogen (secondary N) is 2. The zero-order chi connectivity index (χ0) is 22.0. The van der Waals surface area contributed by atoms with Crippen LogP contribution in [0.5, 0.6) is 5.75 Å². The Morgan fingerprint density at radius 3 is 2.52 bits per heavy atom. The van der Waals surface area contributed by atoms with E-state index in [9.17, 15) is 9.59 Å². The summed E-state index contributed by atoms with van der Waals surface area (Å²) in [5.74, 6) is 0.312. The molecule has 2 aliphatic heterocycles. The number of hydrogen-bond acceptors (Lipinski definition) is 4. The van der Waals surface area contributed by atoms with Crippen LogP contribution in [0.1, 0.15) is 48.1 Å². The third-order valence-corrected chi connectivity index (χ3v) is 6.51. The molecule has 2 aromatic rings.